The molecule has 0 saturated carbocycles. The van der Waals surface area contributed by atoms with E-state index in [0.717, 1.165) is 33.8 Å². The third kappa shape index (κ3) is 4.70. The number of thiophene rings is 1. The molecule has 0 aliphatic carbocycles. The maximum absolute atomic E-state index is 12.3. The molecule has 5 aromatic rings. The number of anilines is 1. The van der Waals surface area contributed by atoms with Gasteiger partial charge in [0, 0.05) is 35.9 Å². The Hall–Kier alpha value is -3.36. The number of aromatic nitrogens is 3. The second kappa shape index (κ2) is 8.79. The van der Waals surface area contributed by atoms with E-state index in [0.29, 0.717) is 18.1 Å². The molecule has 0 bridgehead atoms. The quantitative estimate of drug-likeness (QED) is 0.353. The predicted octanol–water partition coefficient (Wildman–Crippen LogP) is 5.57. The van der Waals surface area contributed by atoms with Crippen LogP contribution < -0.4 is 5.32 Å². The van der Waals surface area contributed by atoms with Gasteiger partial charge in [-0.05, 0) is 41.3 Å². The van der Waals surface area contributed by atoms with Crippen molar-refractivity contribution in [3.8, 4) is 11.4 Å². The molecular weight excluding hydrogens is 428 g/mol. The number of rotatable bonds is 7. The lowest BCUT2D eigenvalue weighted by molar-refractivity contribution is -0.116. The van der Waals surface area contributed by atoms with E-state index in [1.807, 2.05) is 59.3 Å². The summed E-state index contributed by atoms with van der Waals surface area (Å²) in [5, 5.41) is 11.9. The summed E-state index contributed by atoms with van der Waals surface area (Å²) in [6.07, 6.45) is 1.45. The van der Waals surface area contributed by atoms with Crippen molar-refractivity contribution >= 4 is 44.5 Å². The van der Waals surface area contributed by atoms with Gasteiger partial charge in [0.1, 0.15) is 0 Å². The maximum atomic E-state index is 12.3. The molecule has 6 nitrogen and oxygen atoms in total. The summed E-state index contributed by atoms with van der Waals surface area (Å²) < 4.78 is 6.44. The van der Waals surface area contributed by atoms with E-state index in [9.17, 15) is 4.79 Å². The zero-order valence-electron chi connectivity index (χ0n) is 16.4. The van der Waals surface area contributed by atoms with Crippen molar-refractivity contribution in [3.05, 3.63) is 81.8 Å². The molecule has 1 amide bonds. The first-order valence-electron chi connectivity index (χ1n) is 9.81. The molecule has 31 heavy (non-hydrogen) atoms. The van der Waals surface area contributed by atoms with E-state index >= 15 is 0 Å². The van der Waals surface area contributed by atoms with Crippen LogP contribution in [0.15, 0.2) is 69.9 Å². The molecule has 2 aromatic carbocycles. The van der Waals surface area contributed by atoms with Crippen LogP contribution in [0.4, 0.5) is 5.69 Å². The molecule has 0 unspecified atom stereocenters. The Labute approximate surface area is 186 Å². The Morgan fingerprint density at radius 1 is 1.03 bits per heavy atom. The monoisotopic (exact) mass is 446 g/mol. The standard InChI is InChI=1S/C23H18N4O2S2/c28-20(9-10-21-26-23(27-29-21)16-11-12-30-14-16)24-17-7-5-15(6-8-17)13-22-25-18-3-1-2-4-19(18)31-22/h1-8,11-12,14H,9-10,13H2,(H,24,28). The molecule has 0 saturated heterocycles. The Kier molecular flexibility index (Phi) is 5.56. The number of nitrogens with zero attached hydrogens (tertiary/aromatic N) is 3. The highest BCUT2D eigenvalue weighted by atomic mass is 32.1. The fourth-order valence-corrected chi connectivity index (χ4v) is 4.82. The van der Waals surface area contributed by atoms with Crippen molar-refractivity contribution in [1.29, 1.82) is 0 Å². The van der Waals surface area contributed by atoms with E-state index in [2.05, 4.69) is 26.5 Å². The van der Waals surface area contributed by atoms with Gasteiger partial charge in [0.05, 0.1) is 15.2 Å². The summed E-state index contributed by atoms with van der Waals surface area (Å²) in [4.78, 5) is 21.3. The van der Waals surface area contributed by atoms with Crippen molar-refractivity contribution in [2.75, 3.05) is 5.32 Å². The van der Waals surface area contributed by atoms with Gasteiger partial charge in [0.2, 0.25) is 17.6 Å². The van der Waals surface area contributed by atoms with E-state index < -0.39 is 0 Å². The van der Waals surface area contributed by atoms with Crippen molar-refractivity contribution in [2.45, 2.75) is 19.3 Å². The lowest BCUT2D eigenvalue weighted by Crippen LogP contribution is -2.12. The third-order valence-corrected chi connectivity index (χ3v) is 6.46. The molecule has 154 valence electrons. The Morgan fingerprint density at radius 3 is 2.71 bits per heavy atom. The van der Waals surface area contributed by atoms with Crippen molar-refractivity contribution in [3.63, 3.8) is 0 Å². The van der Waals surface area contributed by atoms with Crippen LogP contribution in [0.5, 0.6) is 0 Å². The van der Waals surface area contributed by atoms with Gasteiger partial charge in [-0.1, -0.05) is 29.4 Å². The van der Waals surface area contributed by atoms with Crippen LogP contribution in [-0.2, 0) is 17.6 Å². The SMILES string of the molecule is O=C(CCc1nc(-c2ccsc2)no1)Nc1ccc(Cc2nc3ccccc3s2)cc1. The zero-order chi connectivity index (χ0) is 21.0. The lowest BCUT2D eigenvalue weighted by atomic mass is 10.1. The number of thiazole rings is 1. The number of aryl methyl sites for hydroxylation is 1. The lowest BCUT2D eigenvalue weighted by Gasteiger charge is -2.05. The largest absolute Gasteiger partial charge is 0.339 e. The topological polar surface area (TPSA) is 80.9 Å². The van der Waals surface area contributed by atoms with Crippen LogP contribution in [0.25, 0.3) is 21.6 Å². The summed E-state index contributed by atoms with van der Waals surface area (Å²) >= 11 is 3.29. The van der Waals surface area contributed by atoms with E-state index in [4.69, 9.17) is 4.52 Å². The highest BCUT2D eigenvalue weighted by molar-refractivity contribution is 7.18. The maximum Gasteiger partial charge on any atom is 0.227 e. The number of fused-ring (bicyclic) bond motifs is 1. The molecule has 0 aliphatic heterocycles. The number of hydrogen-bond donors (Lipinski definition) is 1. The fraction of sp³-hybridized carbons (Fsp3) is 0.130. The second-order valence-corrected chi connectivity index (χ2v) is 8.92. The molecule has 0 radical (unpaired) electrons. The van der Waals surface area contributed by atoms with E-state index in [1.54, 1.807) is 22.7 Å². The summed E-state index contributed by atoms with van der Waals surface area (Å²) in [5.74, 6) is 0.928. The van der Waals surface area contributed by atoms with Crippen molar-refractivity contribution < 1.29 is 9.32 Å². The smallest absolute Gasteiger partial charge is 0.227 e. The molecular formula is C23H18N4O2S2. The average molecular weight is 447 g/mol. The van der Waals surface area contributed by atoms with Gasteiger partial charge in [-0.15, -0.1) is 11.3 Å². The van der Waals surface area contributed by atoms with Gasteiger partial charge in [0.15, 0.2) is 0 Å². The number of carbonyl (C=O) groups is 1. The predicted molar refractivity (Wildman–Crippen MR) is 123 cm³/mol. The Balaban J connectivity index is 1.14. The Morgan fingerprint density at radius 2 is 1.90 bits per heavy atom. The Bertz CT molecular complexity index is 1270. The summed E-state index contributed by atoms with van der Waals surface area (Å²) in [6, 6.07) is 18.0. The molecule has 1 N–H and O–H groups in total. The average Bonchev–Trinajstić information content (AvgIpc) is 3.53. The highest BCUT2D eigenvalue weighted by Gasteiger charge is 2.11. The molecule has 8 heteroatoms. The number of carbonyl (C=O) groups excluding carboxylic acids is 1. The number of amides is 1. The first-order chi connectivity index (χ1) is 15.2. The van der Waals surface area contributed by atoms with Crippen LogP contribution in [0.1, 0.15) is 22.9 Å². The van der Waals surface area contributed by atoms with Gasteiger partial charge in [-0.25, -0.2) is 4.98 Å². The molecule has 5 rings (SSSR count). The van der Waals surface area contributed by atoms with Crippen LogP contribution >= 0.6 is 22.7 Å². The molecule has 3 aromatic heterocycles. The van der Waals surface area contributed by atoms with Crippen LogP contribution in [-0.4, -0.2) is 21.0 Å². The van der Waals surface area contributed by atoms with Gasteiger partial charge < -0.3 is 9.84 Å². The number of hydrogen-bond acceptors (Lipinski definition) is 7. The second-order valence-electron chi connectivity index (χ2n) is 7.02. The third-order valence-electron chi connectivity index (χ3n) is 4.74. The van der Waals surface area contributed by atoms with Crippen molar-refractivity contribution in [2.24, 2.45) is 0 Å². The van der Waals surface area contributed by atoms with Gasteiger partial charge in [-0.3, -0.25) is 4.79 Å². The van der Waals surface area contributed by atoms with Crippen LogP contribution in [0.3, 0.4) is 0 Å². The number of nitrogens with one attached hydrogen (secondary N) is 1. The summed E-state index contributed by atoms with van der Waals surface area (Å²) in [6.45, 7) is 0. The highest BCUT2D eigenvalue weighted by Crippen LogP contribution is 2.24. The van der Waals surface area contributed by atoms with Gasteiger partial charge in [0.25, 0.3) is 0 Å². The first-order valence-corrected chi connectivity index (χ1v) is 11.6. The minimum absolute atomic E-state index is 0.0887. The first kappa shape index (κ1) is 19.6. The molecule has 0 aliphatic rings. The fourth-order valence-electron chi connectivity index (χ4n) is 3.19. The minimum atomic E-state index is -0.0887. The molecule has 0 spiro atoms. The molecule has 0 atom stereocenters. The summed E-state index contributed by atoms with van der Waals surface area (Å²) in [7, 11) is 0. The van der Waals surface area contributed by atoms with Crippen molar-refractivity contribution in [1.82, 2.24) is 15.1 Å². The van der Waals surface area contributed by atoms with E-state index in [1.165, 1.54) is 4.70 Å². The van der Waals surface area contributed by atoms with Gasteiger partial charge >= 0.3 is 0 Å². The van der Waals surface area contributed by atoms with E-state index in [-0.39, 0.29) is 12.3 Å². The normalized spacial score (nSPS) is 11.1. The zero-order valence-corrected chi connectivity index (χ0v) is 18.1. The van der Waals surface area contributed by atoms with Crippen LogP contribution in [0, 0.1) is 0 Å². The molecule has 0 fully saturated rings. The minimum Gasteiger partial charge on any atom is -0.339 e. The van der Waals surface area contributed by atoms with Crippen LogP contribution in [0.2, 0.25) is 0 Å². The number of para-hydroxylation sites is 1. The van der Waals surface area contributed by atoms with Gasteiger partial charge in [-0.2, -0.15) is 16.3 Å². The molecule has 3 heterocycles. The summed E-state index contributed by atoms with van der Waals surface area (Å²) in [5.41, 5.74) is 3.89. The number of benzene rings is 2.